The van der Waals surface area contributed by atoms with Gasteiger partial charge < -0.3 is 9.47 Å². The molecule has 9 heteroatoms. The van der Waals surface area contributed by atoms with Crippen molar-refractivity contribution in [3.63, 3.8) is 0 Å². The van der Waals surface area contributed by atoms with Crippen LogP contribution in [0.5, 0.6) is 5.75 Å². The van der Waals surface area contributed by atoms with Gasteiger partial charge in [-0.25, -0.2) is 13.6 Å². The van der Waals surface area contributed by atoms with Gasteiger partial charge in [-0.2, -0.15) is 0 Å². The number of carbonyl (C=O) groups is 1. The summed E-state index contributed by atoms with van der Waals surface area (Å²) in [5, 5.41) is 4.92. The lowest BCUT2D eigenvalue weighted by Crippen LogP contribution is -2.24. The molecule has 0 atom stereocenters. The second-order valence-corrected chi connectivity index (χ2v) is 7.79. The average Bonchev–Trinajstić information content (AvgIpc) is 2.29. The summed E-state index contributed by atoms with van der Waals surface area (Å²) < 4.78 is 33.0. The van der Waals surface area contributed by atoms with Crippen molar-refractivity contribution in [2.45, 2.75) is 37.7 Å². The van der Waals surface area contributed by atoms with E-state index >= 15 is 0 Å². The number of hydrogen-bond acceptors (Lipinski definition) is 5. The third kappa shape index (κ3) is 6.00. The first-order valence-electron chi connectivity index (χ1n) is 6.26. The Kier molecular flexibility index (Phi) is 6.09. The summed E-state index contributed by atoms with van der Waals surface area (Å²) in [4.78, 5) is 11.2. The standard InChI is InChI=1S/C13H17Cl2NO5S/c1-13(2,3)21-12(17)4-5-20-10-6-9(15)11(7-8(10)14)22(16,18)19/h6-7H,4-5H2,1-3H3,(H2,16,18,19). The number of hydrogen-bond donors (Lipinski definition) is 1. The highest BCUT2D eigenvalue weighted by Gasteiger charge is 2.18. The largest absolute Gasteiger partial charge is 0.491 e. The van der Waals surface area contributed by atoms with Gasteiger partial charge in [0.15, 0.2) is 0 Å². The molecule has 1 aromatic rings. The number of carbonyl (C=O) groups excluding carboxylic acids is 1. The van der Waals surface area contributed by atoms with Crippen molar-refractivity contribution < 1.29 is 22.7 Å². The fourth-order valence-corrected chi connectivity index (χ4v) is 2.85. The molecule has 0 heterocycles. The molecule has 0 aliphatic rings. The zero-order chi connectivity index (χ0) is 17.1. The van der Waals surface area contributed by atoms with Gasteiger partial charge in [0, 0.05) is 6.07 Å². The summed E-state index contributed by atoms with van der Waals surface area (Å²) in [6, 6.07) is 2.33. The maximum Gasteiger partial charge on any atom is 0.309 e. The molecule has 0 bridgehead atoms. The van der Waals surface area contributed by atoms with E-state index in [9.17, 15) is 13.2 Å². The number of esters is 1. The number of primary sulfonamides is 1. The Morgan fingerprint density at radius 2 is 1.82 bits per heavy atom. The van der Waals surface area contributed by atoms with Crippen LogP contribution in [0.2, 0.25) is 10.0 Å². The molecule has 2 N–H and O–H groups in total. The number of ether oxygens (including phenoxy) is 2. The van der Waals surface area contributed by atoms with E-state index in [2.05, 4.69) is 0 Å². The van der Waals surface area contributed by atoms with E-state index in [0.717, 1.165) is 6.07 Å². The van der Waals surface area contributed by atoms with Gasteiger partial charge in [0.1, 0.15) is 16.2 Å². The third-order valence-electron chi connectivity index (χ3n) is 2.28. The van der Waals surface area contributed by atoms with E-state index in [0.29, 0.717) is 0 Å². The van der Waals surface area contributed by atoms with Crippen LogP contribution in [-0.2, 0) is 19.6 Å². The maximum absolute atomic E-state index is 11.5. The summed E-state index contributed by atoms with van der Waals surface area (Å²) >= 11 is 11.7. The Labute approximate surface area is 139 Å². The molecule has 0 aromatic heterocycles. The number of nitrogens with two attached hydrogens (primary N) is 1. The van der Waals surface area contributed by atoms with Crippen LogP contribution in [0.15, 0.2) is 17.0 Å². The molecule has 1 aromatic carbocycles. The topological polar surface area (TPSA) is 95.7 Å². The SMILES string of the molecule is CC(C)(C)OC(=O)CCOc1cc(Cl)c(S(N)(=O)=O)cc1Cl. The summed E-state index contributed by atoms with van der Waals surface area (Å²) in [6.07, 6.45) is 0.0160. The summed E-state index contributed by atoms with van der Waals surface area (Å²) in [7, 11) is -3.97. The number of benzene rings is 1. The highest BCUT2D eigenvalue weighted by Crippen LogP contribution is 2.33. The molecular formula is C13H17Cl2NO5S. The van der Waals surface area contributed by atoms with Crippen molar-refractivity contribution in [2.24, 2.45) is 5.14 Å². The zero-order valence-corrected chi connectivity index (χ0v) is 14.7. The zero-order valence-electron chi connectivity index (χ0n) is 12.4. The van der Waals surface area contributed by atoms with Gasteiger partial charge >= 0.3 is 5.97 Å². The summed E-state index contributed by atoms with van der Waals surface area (Å²) in [5.74, 6) is -0.265. The third-order valence-corrected chi connectivity index (χ3v) is 3.95. The van der Waals surface area contributed by atoms with Crippen molar-refractivity contribution >= 4 is 39.2 Å². The van der Waals surface area contributed by atoms with Crippen LogP contribution in [0.3, 0.4) is 0 Å². The van der Waals surface area contributed by atoms with Crippen LogP contribution in [0.25, 0.3) is 0 Å². The first kappa shape index (κ1) is 19.0. The quantitative estimate of drug-likeness (QED) is 0.804. The van der Waals surface area contributed by atoms with Crippen molar-refractivity contribution in [2.75, 3.05) is 6.61 Å². The van der Waals surface area contributed by atoms with E-state index in [-0.39, 0.29) is 33.7 Å². The molecule has 0 spiro atoms. The first-order chi connectivity index (χ1) is 9.90. The minimum absolute atomic E-state index is 0.0136. The Balaban J connectivity index is 2.72. The van der Waals surface area contributed by atoms with Gasteiger partial charge in [-0.3, -0.25) is 4.79 Å². The molecule has 0 fully saturated rings. The highest BCUT2D eigenvalue weighted by atomic mass is 35.5. The Hall–Kier alpha value is -1.02. The molecule has 6 nitrogen and oxygen atoms in total. The monoisotopic (exact) mass is 369 g/mol. The van der Waals surface area contributed by atoms with Gasteiger partial charge in [-0.1, -0.05) is 23.2 Å². The minimum atomic E-state index is -3.97. The van der Waals surface area contributed by atoms with E-state index in [1.807, 2.05) is 0 Å². The second kappa shape index (κ2) is 7.04. The fraction of sp³-hybridized carbons (Fsp3) is 0.462. The first-order valence-corrected chi connectivity index (χ1v) is 8.57. The average molecular weight is 370 g/mol. The van der Waals surface area contributed by atoms with E-state index < -0.39 is 21.6 Å². The molecule has 0 saturated heterocycles. The number of rotatable bonds is 5. The van der Waals surface area contributed by atoms with Crippen molar-refractivity contribution in [1.82, 2.24) is 0 Å². The van der Waals surface area contributed by atoms with Gasteiger partial charge in [-0.15, -0.1) is 0 Å². The fourth-order valence-electron chi connectivity index (χ4n) is 1.48. The lowest BCUT2D eigenvalue weighted by Gasteiger charge is -2.19. The second-order valence-electron chi connectivity index (χ2n) is 5.44. The van der Waals surface area contributed by atoms with Gasteiger partial charge in [-0.05, 0) is 26.8 Å². The Bertz CT molecular complexity index is 668. The van der Waals surface area contributed by atoms with Crippen LogP contribution in [0, 0.1) is 0 Å². The molecule has 0 unspecified atom stereocenters. The minimum Gasteiger partial charge on any atom is -0.491 e. The molecule has 0 radical (unpaired) electrons. The Morgan fingerprint density at radius 1 is 1.23 bits per heavy atom. The van der Waals surface area contributed by atoms with E-state index in [1.54, 1.807) is 20.8 Å². The summed E-state index contributed by atoms with van der Waals surface area (Å²) in [6.45, 7) is 5.29. The lowest BCUT2D eigenvalue weighted by molar-refractivity contribution is -0.155. The Morgan fingerprint density at radius 3 is 2.32 bits per heavy atom. The normalized spacial score (nSPS) is 12.1. The number of halogens is 2. The van der Waals surface area contributed by atoms with Crippen LogP contribution >= 0.6 is 23.2 Å². The molecule has 0 aliphatic heterocycles. The van der Waals surface area contributed by atoms with Crippen molar-refractivity contribution in [1.29, 1.82) is 0 Å². The van der Waals surface area contributed by atoms with Crippen LogP contribution < -0.4 is 9.88 Å². The molecule has 1 rings (SSSR count). The molecule has 0 amide bonds. The van der Waals surface area contributed by atoms with E-state index in [1.165, 1.54) is 6.07 Å². The number of sulfonamides is 1. The van der Waals surface area contributed by atoms with Gasteiger partial charge in [0.2, 0.25) is 10.0 Å². The lowest BCUT2D eigenvalue weighted by atomic mass is 10.2. The molecule has 22 heavy (non-hydrogen) atoms. The molecule has 0 aliphatic carbocycles. The smallest absolute Gasteiger partial charge is 0.309 e. The predicted molar refractivity (Wildman–Crippen MR) is 83.8 cm³/mol. The van der Waals surface area contributed by atoms with Gasteiger partial charge in [0.25, 0.3) is 0 Å². The van der Waals surface area contributed by atoms with Crippen LogP contribution in [0.4, 0.5) is 0 Å². The highest BCUT2D eigenvalue weighted by molar-refractivity contribution is 7.89. The van der Waals surface area contributed by atoms with Crippen molar-refractivity contribution in [3.05, 3.63) is 22.2 Å². The van der Waals surface area contributed by atoms with Gasteiger partial charge in [0.05, 0.1) is 23.1 Å². The molecule has 0 saturated carbocycles. The molecule has 124 valence electrons. The maximum atomic E-state index is 11.5. The van der Waals surface area contributed by atoms with Crippen molar-refractivity contribution in [3.8, 4) is 5.75 Å². The predicted octanol–water partition coefficient (Wildman–Crippen LogP) is 2.75. The van der Waals surface area contributed by atoms with Crippen LogP contribution in [0.1, 0.15) is 27.2 Å². The van der Waals surface area contributed by atoms with Crippen LogP contribution in [-0.4, -0.2) is 26.6 Å². The summed E-state index contributed by atoms with van der Waals surface area (Å²) in [5.41, 5.74) is -0.574. The molecular weight excluding hydrogens is 353 g/mol. The van der Waals surface area contributed by atoms with E-state index in [4.69, 9.17) is 37.8 Å².